The predicted octanol–water partition coefficient (Wildman–Crippen LogP) is 2.28. The second kappa shape index (κ2) is 3.62. The van der Waals surface area contributed by atoms with E-state index in [4.69, 9.17) is 0 Å². The summed E-state index contributed by atoms with van der Waals surface area (Å²) in [6.07, 6.45) is 8.96. The summed E-state index contributed by atoms with van der Waals surface area (Å²) in [6, 6.07) is 3.89. The molecule has 0 spiro atoms. The van der Waals surface area contributed by atoms with Gasteiger partial charge in [0.05, 0.1) is 6.20 Å². The maximum Gasteiger partial charge on any atom is 0.114 e. The fourth-order valence-electron chi connectivity index (χ4n) is 0.947. The molecule has 0 radical (unpaired) electrons. The van der Waals surface area contributed by atoms with Crippen molar-refractivity contribution < 1.29 is 0 Å². The van der Waals surface area contributed by atoms with E-state index in [-0.39, 0.29) is 0 Å². The molecule has 1 aromatic heterocycles. The smallest absolute Gasteiger partial charge is 0.114 e. The van der Waals surface area contributed by atoms with E-state index in [1.807, 2.05) is 30.6 Å². The van der Waals surface area contributed by atoms with Gasteiger partial charge in [-0.2, -0.15) is 5.11 Å². The summed E-state index contributed by atoms with van der Waals surface area (Å²) in [5, 5.41) is 7.42. The molecule has 0 saturated heterocycles. The average molecular weight is 172 g/mol. The van der Waals surface area contributed by atoms with Gasteiger partial charge in [-0.15, -0.1) is 5.11 Å². The summed E-state index contributed by atoms with van der Waals surface area (Å²) < 4.78 is 0. The van der Waals surface area contributed by atoms with Crippen molar-refractivity contribution in [2.75, 3.05) is 0 Å². The fraction of sp³-hybridized carbons (Fsp3) is 0. The molecule has 13 heavy (non-hydrogen) atoms. The van der Waals surface area contributed by atoms with Crippen molar-refractivity contribution in [3.05, 3.63) is 48.2 Å². The van der Waals surface area contributed by atoms with Gasteiger partial charge in [-0.05, 0) is 18.2 Å². The summed E-state index contributed by atoms with van der Waals surface area (Å²) in [5.41, 5.74) is 1.76. The van der Waals surface area contributed by atoms with Gasteiger partial charge in [0.25, 0.3) is 0 Å². The van der Waals surface area contributed by atoms with Crippen LogP contribution in [0.25, 0.3) is 0 Å². The Bertz CT molecular complexity index is 339. The number of aromatic nitrogens is 1. The highest BCUT2D eigenvalue weighted by Gasteiger charge is 2.09. The maximum atomic E-state index is 3.95. The molecule has 0 amide bonds. The Kier molecular flexibility index (Phi) is 2.14. The Morgan fingerprint density at radius 1 is 1.08 bits per heavy atom. The van der Waals surface area contributed by atoms with E-state index in [9.17, 15) is 0 Å². The Morgan fingerprint density at radius 3 is 2.54 bits per heavy atom. The summed E-state index contributed by atoms with van der Waals surface area (Å²) in [4.78, 5) is 6.81. The van der Waals surface area contributed by atoms with Gasteiger partial charge in [0.1, 0.15) is 11.4 Å². The first kappa shape index (κ1) is 7.67. The van der Waals surface area contributed by atoms with Crippen LogP contribution in [0.3, 0.4) is 0 Å². The van der Waals surface area contributed by atoms with Crippen LogP contribution in [0.5, 0.6) is 0 Å². The molecule has 4 nitrogen and oxygen atoms in total. The molecule has 0 aromatic carbocycles. The molecule has 1 N–H and O–H groups in total. The number of nitrogens with one attached hydrogen (secondary N) is 1. The first-order valence-corrected chi connectivity index (χ1v) is 3.90. The zero-order valence-electron chi connectivity index (χ0n) is 6.88. The van der Waals surface area contributed by atoms with Crippen molar-refractivity contribution in [3.8, 4) is 0 Å². The van der Waals surface area contributed by atoms with Crippen LogP contribution >= 0.6 is 0 Å². The normalized spacial score (nSPS) is 16.0. The first-order chi connectivity index (χ1) is 6.47. The number of rotatable bonds is 0. The standard InChI is InChI=1S/C5H3N3.C4H5N/c1-2-6-5-3-7-8-4(1)5;1-2-4-5-3-1/h1-3H;1-5H. The van der Waals surface area contributed by atoms with E-state index in [2.05, 4.69) is 20.2 Å². The van der Waals surface area contributed by atoms with Gasteiger partial charge < -0.3 is 4.98 Å². The fourth-order valence-corrected chi connectivity index (χ4v) is 0.947. The first-order valence-electron chi connectivity index (χ1n) is 3.90. The molecular weight excluding hydrogens is 164 g/mol. The van der Waals surface area contributed by atoms with Crippen LogP contribution in [-0.4, -0.2) is 11.2 Å². The number of hydrogen-bond acceptors (Lipinski definition) is 3. The number of H-pyrrole nitrogens is 1. The van der Waals surface area contributed by atoms with E-state index < -0.39 is 0 Å². The number of nitrogens with zero attached hydrogens (tertiary/aromatic N) is 3. The summed E-state index contributed by atoms with van der Waals surface area (Å²) >= 11 is 0. The minimum absolute atomic E-state index is 0.880. The Hall–Kier alpha value is -1.97. The second-order valence-corrected chi connectivity index (χ2v) is 2.44. The predicted molar refractivity (Wildman–Crippen MR) is 50.3 cm³/mol. The van der Waals surface area contributed by atoms with Crippen LogP contribution in [0.4, 0.5) is 0 Å². The number of aliphatic imine (C=N–C) groups is 1. The lowest BCUT2D eigenvalue weighted by atomic mass is 10.4. The van der Waals surface area contributed by atoms with Crippen LogP contribution in [0.15, 0.2) is 63.4 Å². The molecule has 0 atom stereocenters. The van der Waals surface area contributed by atoms with E-state index in [1.165, 1.54) is 0 Å². The molecular formula is C9H8N4. The molecule has 0 fully saturated rings. The zero-order valence-corrected chi connectivity index (χ0v) is 6.88. The van der Waals surface area contributed by atoms with Crippen molar-refractivity contribution in [2.45, 2.75) is 0 Å². The molecule has 1 aromatic rings. The van der Waals surface area contributed by atoms with Crippen molar-refractivity contribution in [1.29, 1.82) is 0 Å². The van der Waals surface area contributed by atoms with Crippen LogP contribution in [0.1, 0.15) is 0 Å². The SMILES string of the molecule is C1=NC2=CN=NC2=C1.c1cc[nH]c1. The van der Waals surface area contributed by atoms with Gasteiger partial charge in [0, 0.05) is 18.6 Å². The van der Waals surface area contributed by atoms with Crippen molar-refractivity contribution in [2.24, 2.45) is 15.2 Å². The largest absolute Gasteiger partial charge is 0.368 e. The van der Waals surface area contributed by atoms with Crippen molar-refractivity contribution in [3.63, 3.8) is 0 Å². The number of allylic oxidation sites excluding steroid dienone is 1. The highest BCUT2D eigenvalue weighted by Crippen LogP contribution is 2.22. The molecule has 2 aliphatic heterocycles. The minimum Gasteiger partial charge on any atom is -0.368 e. The van der Waals surface area contributed by atoms with Crippen LogP contribution < -0.4 is 0 Å². The molecule has 3 rings (SSSR count). The molecule has 64 valence electrons. The lowest BCUT2D eigenvalue weighted by Gasteiger charge is -1.79. The number of azo groups is 1. The van der Waals surface area contributed by atoms with Crippen molar-refractivity contribution in [1.82, 2.24) is 4.98 Å². The van der Waals surface area contributed by atoms with E-state index >= 15 is 0 Å². The monoisotopic (exact) mass is 172 g/mol. The van der Waals surface area contributed by atoms with Gasteiger partial charge in [0.15, 0.2) is 0 Å². The lowest BCUT2D eigenvalue weighted by molar-refractivity contribution is 1.23. The van der Waals surface area contributed by atoms with Gasteiger partial charge in [-0.1, -0.05) is 0 Å². The molecule has 4 heteroatoms. The second-order valence-electron chi connectivity index (χ2n) is 2.44. The van der Waals surface area contributed by atoms with Crippen LogP contribution in [0, 0.1) is 0 Å². The summed E-state index contributed by atoms with van der Waals surface area (Å²) in [6.45, 7) is 0. The third kappa shape index (κ3) is 1.79. The summed E-state index contributed by atoms with van der Waals surface area (Å²) in [5.74, 6) is 0. The molecule has 3 heterocycles. The van der Waals surface area contributed by atoms with Crippen LogP contribution in [0.2, 0.25) is 0 Å². The van der Waals surface area contributed by atoms with Gasteiger partial charge in [0.2, 0.25) is 0 Å². The molecule has 0 aliphatic carbocycles. The number of fused-ring (bicyclic) bond motifs is 1. The van der Waals surface area contributed by atoms with Gasteiger partial charge in [-0.3, -0.25) is 4.99 Å². The lowest BCUT2D eigenvalue weighted by Crippen LogP contribution is -1.66. The number of hydrogen-bond donors (Lipinski definition) is 1. The third-order valence-corrected chi connectivity index (χ3v) is 1.55. The zero-order chi connectivity index (χ0) is 8.93. The highest BCUT2D eigenvalue weighted by atomic mass is 15.2. The van der Waals surface area contributed by atoms with Gasteiger partial charge >= 0.3 is 0 Å². The van der Waals surface area contributed by atoms with E-state index in [0.29, 0.717) is 0 Å². The van der Waals surface area contributed by atoms with Crippen molar-refractivity contribution >= 4 is 6.21 Å². The molecule has 2 aliphatic rings. The topological polar surface area (TPSA) is 52.9 Å². The van der Waals surface area contributed by atoms with Crippen LogP contribution in [-0.2, 0) is 0 Å². The Morgan fingerprint density at radius 2 is 1.92 bits per heavy atom. The summed E-state index contributed by atoms with van der Waals surface area (Å²) in [7, 11) is 0. The van der Waals surface area contributed by atoms with Gasteiger partial charge in [-0.25, -0.2) is 0 Å². The Balaban J connectivity index is 0.000000113. The molecule has 0 unspecified atom stereocenters. The quantitative estimate of drug-likeness (QED) is 0.624. The molecule has 0 saturated carbocycles. The van der Waals surface area contributed by atoms with E-state index in [0.717, 1.165) is 11.4 Å². The minimum atomic E-state index is 0.880. The third-order valence-electron chi connectivity index (χ3n) is 1.55. The average Bonchev–Trinajstić information content (AvgIpc) is 2.84. The molecule has 0 bridgehead atoms. The highest BCUT2D eigenvalue weighted by molar-refractivity contribution is 5.79. The van der Waals surface area contributed by atoms with E-state index in [1.54, 1.807) is 12.4 Å². The Labute approximate surface area is 75.4 Å². The number of aromatic amines is 1. The maximum absolute atomic E-state index is 3.95.